The van der Waals surface area contributed by atoms with Crippen molar-refractivity contribution in [2.24, 2.45) is 5.92 Å². The molecule has 4 nitrogen and oxygen atoms in total. The zero-order valence-electron chi connectivity index (χ0n) is 13.0. The molecule has 0 unspecified atom stereocenters. The number of aromatic nitrogens is 2. The van der Waals surface area contributed by atoms with Gasteiger partial charge in [0.2, 0.25) is 5.91 Å². The van der Waals surface area contributed by atoms with Gasteiger partial charge in [-0.05, 0) is 50.2 Å². The van der Waals surface area contributed by atoms with Crippen molar-refractivity contribution in [1.29, 1.82) is 0 Å². The molecule has 2 saturated carbocycles. The van der Waals surface area contributed by atoms with Gasteiger partial charge in [0.25, 0.3) is 0 Å². The maximum absolute atomic E-state index is 12.5. The third-order valence-corrected chi connectivity index (χ3v) is 4.99. The Kier molecular flexibility index (Phi) is 3.06. The summed E-state index contributed by atoms with van der Waals surface area (Å²) in [6.07, 6.45) is 3.40. The van der Waals surface area contributed by atoms with Gasteiger partial charge in [-0.2, -0.15) is 5.10 Å². The van der Waals surface area contributed by atoms with Crippen LogP contribution in [0.25, 0.3) is 0 Å². The molecule has 2 atom stereocenters. The first-order chi connectivity index (χ1) is 10.6. The minimum atomic E-state index is 0.0848. The molecule has 1 heterocycles. The molecule has 1 aromatic carbocycles. The molecule has 4 rings (SSSR count). The Morgan fingerprint density at radius 3 is 2.77 bits per heavy atom. The van der Waals surface area contributed by atoms with Crippen LogP contribution in [0.3, 0.4) is 0 Å². The van der Waals surface area contributed by atoms with Crippen molar-refractivity contribution in [3.8, 4) is 0 Å². The van der Waals surface area contributed by atoms with Gasteiger partial charge in [0.1, 0.15) is 0 Å². The molecule has 0 radical (unpaired) electrons. The molecule has 0 bridgehead atoms. The molecule has 2 fully saturated rings. The molecule has 0 saturated heterocycles. The van der Waals surface area contributed by atoms with Crippen LogP contribution in [0.2, 0.25) is 0 Å². The molecule has 1 amide bonds. The number of carbonyl (C=O) groups excluding carboxylic acids is 1. The second kappa shape index (κ2) is 4.97. The van der Waals surface area contributed by atoms with Crippen LogP contribution in [0.5, 0.6) is 0 Å². The quantitative estimate of drug-likeness (QED) is 0.904. The number of aromatic amines is 1. The van der Waals surface area contributed by atoms with Gasteiger partial charge in [0.15, 0.2) is 5.82 Å². The molecule has 0 spiro atoms. The van der Waals surface area contributed by atoms with Gasteiger partial charge in [-0.3, -0.25) is 9.89 Å². The lowest BCUT2D eigenvalue weighted by Gasteiger charge is -2.05. The van der Waals surface area contributed by atoms with E-state index in [0.29, 0.717) is 17.7 Å². The van der Waals surface area contributed by atoms with E-state index in [2.05, 4.69) is 40.6 Å². The van der Waals surface area contributed by atoms with Gasteiger partial charge in [-0.25, -0.2) is 0 Å². The Balaban J connectivity index is 1.45. The third kappa shape index (κ3) is 2.32. The van der Waals surface area contributed by atoms with Crippen LogP contribution in [-0.2, 0) is 4.79 Å². The number of H-pyrrole nitrogens is 1. The highest BCUT2D eigenvalue weighted by Crippen LogP contribution is 2.49. The molecule has 22 heavy (non-hydrogen) atoms. The Bertz CT molecular complexity index is 730. The zero-order valence-corrected chi connectivity index (χ0v) is 13.0. The largest absolute Gasteiger partial charge is 0.309 e. The van der Waals surface area contributed by atoms with Crippen molar-refractivity contribution in [3.05, 3.63) is 46.6 Å². The number of benzene rings is 1. The number of amides is 1. The van der Waals surface area contributed by atoms with E-state index in [0.717, 1.165) is 12.0 Å². The number of nitrogens with zero attached hydrogens (tertiary/aromatic N) is 1. The lowest BCUT2D eigenvalue weighted by atomic mass is 10.0. The number of rotatable bonds is 4. The van der Waals surface area contributed by atoms with E-state index in [4.69, 9.17) is 0 Å². The lowest BCUT2D eigenvalue weighted by molar-refractivity contribution is -0.117. The molecule has 114 valence electrons. The van der Waals surface area contributed by atoms with Crippen LogP contribution in [0.1, 0.15) is 53.5 Å². The predicted molar refractivity (Wildman–Crippen MR) is 86.0 cm³/mol. The van der Waals surface area contributed by atoms with E-state index in [-0.39, 0.29) is 11.8 Å². The maximum atomic E-state index is 12.5. The van der Waals surface area contributed by atoms with Crippen LogP contribution in [0.4, 0.5) is 5.82 Å². The highest BCUT2D eigenvalue weighted by Gasteiger charge is 2.44. The molecule has 0 aliphatic heterocycles. The Morgan fingerprint density at radius 2 is 2.05 bits per heavy atom. The van der Waals surface area contributed by atoms with Crippen molar-refractivity contribution >= 4 is 11.7 Å². The van der Waals surface area contributed by atoms with Crippen molar-refractivity contribution in [1.82, 2.24) is 10.2 Å². The Hall–Kier alpha value is -2.10. The summed E-state index contributed by atoms with van der Waals surface area (Å²) in [5, 5.41) is 10.4. The normalized spacial score (nSPS) is 23.4. The molecule has 2 aromatic rings. The summed E-state index contributed by atoms with van der Waals surface area (Å²) in [5.74, 6) is 1.89. The third-order valence-electron chi connectivity index (χ3n) is 4.99. The first-order valence-electron chi connectivity index (χ1n) is 8.06. The van der Waals surface area contributed by atoms with E-state index in [9.17, 15) is 4.79 Å². The van der Waals surface area contributed by atoms with Crippen molar-refractivity contribution in [2.45, 2.75) is 44.9 Å². The minimum Gasteiger partial charge on any atom is -0.309 e. The first kappa shape index (κ1) is 13.6. The zero-order chi connectivity index (χ0) is 15.3. The summed E-state index contributed by atoms with van der Waals surface area (Å²) in [4.78, 5) is 12.5. The highest BCUT2D eigenvalue weighted by molar-refractivity contribution is 5.95. The molecule has 4 heteroatoms. The summed E-state index contributed by atoms with van der Waals surface area (Å²) in [6.45, 7) is 4.15. The van der Waals surface area contributed by atoms with Gasteiger partial charge >= 0.3 is 0 Å². The van der Waals surface area contributed by atoms with Crippen molar-refractivity contribution in [3.63, 3.8) is 0 Å². The highest BCUT2D eigenvalue weighted by atomic mass is 16.2. The molecule has 1 aromatic heterocycles. The van der Waals surface area contributed by atoms with E-state index in [1.54, 1.807) is 0 Å². The van der Waals surface area contributed by atoms with Crippen LogP contribution in [-0.4, -0.2) is 16.1 Å². The average Bonchev–Trinajstić information content (AvgIpc) is 3.41. The monoisotopic (exact) mass is 295 g/mol. The van der Waals surface area contributed by atoms with E-state index >= 15 is 0 Å². The number of anilines is 1. The number of aryl methyl sites for hydroxylation is 1. The molecule has 2 aliphatic rings. The minimum absolute atomic E-state index is 0.0848. The lowest BCUT2D eigenvalue weighted by Crippen LogP contribution is -2.15. The Labute approximate surface area is 130 Å². The maximum Gasteiger partial charge on any atom is 0.229 e. The number of carbonyl (C=O) groups is 1. The van der Waals surface area contributed by atoms with Crippen molar-refractivity contribution < 1.29 is 4.79 Å². The van der Waals surface area contributed by atoms with E-state index in [1.165, 1.54) is 29.7 Å². The van der Waals surface area contributed by atoms with Crippen LogP contribution >= 0.6 is 0 Å². The SMILES string of the molecule is Cc1ccccc1[C@@H]1C[C@@H]1C(=O)Nc1n[nH]c(C2CC2)c1C. The average molecular weight is 295 g/mol. The van der Waals surface area contributed by atoms with E-state index < -0.39 is 0 Å². The summed E-state index contributed by atoms with van der Waals surface area (Å²) in [6, 6.07) is 8.35. The van der Waals surface area contributed by atoms with Crippen LogP contribution in [0.15, 0.2) is 24.3 Å². The van der Waals surface area contributed by atoms with Crippen LogP contribution < -0.4 is 5.32 Å². The molecule has 2 N–H and O–H groups in total. The van der Waals surface area contributed by atoms with Gasteiger partial charge in [0.05, 0.1) is 0 Å². The first-order valence-corrected chi connectivity index (χ1v) is 8.06. The number of hydrogen-bond acceptors (Lipinski definition) is 2. The summed E-state index contributed by atoms with van der Waals surface area (Å²) >= 11 is 0. The summed E-state index contributed by atoms with van der Waals surface area (Å²) in [7, 11) is 0. The fourth-order valence-corrected chi connectivity index (χ4v) is 3.34. The fourth-order valence-electron chi connectivity index (χ4n) is 3.34. The van der Waals surface area contributed by atoms with E-state index in [1.807, 2.05) is 13.0 Å². The molecular weight excluding hydrogens is 274 g/mol. The second-order valence-corrected chi connectivity index (χ2v) is 6.68. The summed E-state index contributed by atoms with van der Waals surface area (Å²) in [5.41, 5.74) is 4.88. The second-order valence-electron chi connectivity index (χ2n) is 6.68. The Morgan fingerprint density at radius 1 is 1.27 bits per heavy atom. The van der Waals surface area contributed by atoms with Gasteiger partial charge in [-0.15, -0.1) is 0 Å². The topological polar surface area (TPSA) is 57.8 Å². The number of hydrogen-bond donors (Lipinski definition) is 2. The van der Waals surface area contributed by atoms with Gasteiger partial charge < -0.3 is 5.32 Å². The fraction of sp³-hybridized carbons (Fsp3) is 0.444. The number of nitrogens with one attached hydrogen (secondary N) is 2. The standard InChI is InChI=1S/C18H21N3O/c1-10-5-3-4-6-13(10)14-9-15(14)18(22)19-17-11(2)16(20-21-17)12-7-8-12/h3-6,12,14-15H,7-9H2,1-2H3,(H2,19,20,21,22)/t14-,15-/m0/s1. The smallest absolute Gasteiger partial charge is 0.229 e. The predicted octanol–water partition coefficient (Wildman–Crippen LogP) is 3.65. The van der Waals surface area contributed by atoms with Crippen LogP contribution in [0, 0.1) is 19.8 Å². The van der Waals surface area contributed by atoms with Gasteiger partial charge in [-0.1, -0.05) is 24.3 Å². The van der Waals surface area contributed by atoms with Gasteiger partial charge in [0, 0.05) is 23.1 Å². The van der Waals surface area contributed by atoms with Crippen molar-refractivity contribution in [2.75, 3.05) is 5.32 Å². The molecule has 2 aliphatic carbocycles. The summed E-state index contributed by atoms with van der Waals surface area (Å²) < 4.78 is 0. The molecular formula is C18H21N3O.